The zero-order valence-corrected chi connectivity index (χ0v) is 18.7. The van der Waals surface area contributed by atoms with Gasteiger partial charge in [0.05, 0.1) is 11.1 Å². The molecule has 31 heavy (non-hydrogen) atoms. The average molecular weight is 449 g/mol. The molecule has 1 aliphatic rings. The van der Waals surface area contributed by atoms with E-state index in [-0.39, 0.29) is 0 Å². The Balaban J connectivity index is 1.73. The summed E-state index contributed by atoms with van der Waals surface area (Å²) in [6.07, 6.45) is 3.07. The number of allylic oxidation sites excluding steroid dienone is 2. The maximum Gasteiger partial charge on any atom is 0.335 e. The van der Waals surface area contributed by atoms with Gasteiger partial charge in [-0.05, 0) is 79.6 Å². The lowest BCUT2D eigenvalue weighted by atomic mass is 9.93. The smallest absolute Gasteiger partial charge is 0.335 e. The van der Waals surface area contributed by atoms with Gasteiger partial charge in [0, 0.05) is 29.9 Å². The molecule has 2 heterocycles. The van der Waals surface area contributed by atoms with Gasteiger partial charge in [0.2, 0.25) is 0 Å². The molecule has 0 aliphatic heterocycles. The number of aromatic carboxylic acids is 2. The van der Waals surface area contributed by atoms with E-state index in [4.69, 9.17) is 0 Å². The summed E-state index contributed by atoms with van der Waals surface area (Å²) >= 11 is 3.30. The van der Waals surface area contributed by atoms with Crippen molar-refractivity contribution in [2.24, 2.45) is 0 Å². The van der Waals surface area contributed by atoms with E-state index < -0.39 is 11.9 Å². The zero-order valence-electron chi connectivity index (χ0n) is 17.1. The Morgan fingerprint density at radius 3 is 1.55 bits per heavy atom. The van der Waals surface area contributed by atoms with Gasteiger partial charge in [-0.3, -0.25) is 0 Å². The number of rotatable bonds is 4. The van der Waals surface area contributed by atoms with Crippen molar-refractivity contribution in [1.82, 2.24) is 0 Å². The molecule has 4 aromatic rings. The molecule has 156 valence electrons. The fourth-order valence-corrected chi connectivity index (χ4v) is 7.01. The van der Waals surface area contributed by atoms with Crippen molar-refractivity contribution in [3.8, 4) is 0 Å². The van der Waals surface area contributed by atoms with Gasteiger partial charge < -0.3 is 10.2 Å². The Morgan fingerprint density at radius 1 is 0.742 bits per heavy atom. The minimum Gasteiger partial charge on any atom is -0.478 e. The minimum atomic E-state index is -0.906. The number of carboxylic acids is 2. The molecule has 0 radical (unpaired) electrons. The summed E-state index contributed by atoms with van der Waals surface area (Å²) < 4.78 is 2.01. The van der Waals surface area contributed by atoms with Gasteiger partial charge in [0.25, 0.3) is 0 Å². The van der Waals surface area contributed by atoms with E-state index in [0.29, 0.717) is 11.1 Å². The van der Waals surface area contributed by atoms with Crippen LogP contribution in [0, 0.1) is 13.8 Å². The molecule has 0 saturated carbocycles. The van der Waals surface area contributed by atoms with Crippen LogP contribution in [0.15, 0.2) is 36.4 Å². The minimum absolute atomic E-state index is 0.315. The fourth-order valence-electron chi connectivity index (χ4n) is 4.75. The summed E-state index contributed by atoms with van der Waals surface area (Å²) in [5.74, 6) is -1.81. The standard InChI is InChI=1S/C25H20O4S2/c1-12-22(18-8-6-14(24(26)27)10-20(18)30-12)16-4-3-5-17(16)23-13(2)31-21-11-15(25(28)29)7-9-19(21)23/h6-11H,3-5H2,1-2H3,(H,26,27)(H,28,29). The van der Waals surface area contributed by atoms with Gasteiger partial charge >= 0.3 is 11.9 Å². The summed E-state index contributed by atoms with van der Waals surface area (Å²) in [7, 11) is 0. The van der Waals surface area contributed by atoms with Crippen LogP contribution in [0.1, 0.15) is 60.9 Å². The maximum absolute atomic E-state index is 11.4. The molecule has 6 heteroatoms. The Hall–Kier alpha value is -2.96. The summed E-state index contributed by atoms with van der Waals surface area (Å²) in [4.78, 5) is 25.2. The summed E-state index contributed by atoms with van der Waals surface area (Å²) in [6, 6.07) is 10.8. The molecule has 1 aliphatic carbocycles. The molecule has 2 aromatic heterocycles. The first-order chi connectivity index (χ1) is 14.8. The Labute approximate surface area is 187 Å². The molecule has 0 bridgehead atoms. The van der Waals surface area contributed by atoms with Crippen molar-refractivity contribution < 1.29 is 19.8 Å². The molecule has 4 nitrogen and oxygen atoms in total. The van der Waals surface area contributed by atoms with Crippen LogP contribution in [-0.2, 0) is 0 Å². The highest BCUT2D eigenvalue weighted by molar-refractivity contribution is 7.19. The molecular weight excluding hydrogens is 428 g/mol. The molecule has 2 aromatic carbocycles. The van der Waals surface area contributed by atoms with Crippen molar-refractivity contribution in [2.75, 3.05) is 0 Å². The van der Waals surface area contributed by atoms with Gasteiger partial charge in [-0.1, -0.05) is 12.1 Å². The zero-order chi connectivity index (χ0) is 21.9. The van der Waals surface area contributed by atoms with E-state index in [1.807, 2.05) is 12.1 Å². The molecular formula is C25H20O4S2. The highest BCUT2D eigenvalue weighted by Crippen LogP contribution is 2.49. The van der Waals surface area contributed by atoms with Crippen LogP contribution < -0.4 is 0 Å². The number of thiophene rings is 2. The first kappa shape index (κ1) is 20.0. The van der Waals surface area contributed by atoms with Crippen LogP contribution in [0.3, 0.4) is 0 Å². The van der Waals surface area contributed by atoms with Crippen LogP contribution in [0.25, 0.3) is 31.3 Å². The number of aryl methyl sites for hydroxylation is 2. The van der Waals surface area contributed by atoms with E-state index in [0.717, 1.165) is 39.4 Å². The van der Waals surface area contributed by atoms with Crippen LogP contribution in [0.4, 0.5) is 0 Å². The SMILES string of the molecule is Cc1sc2cc(C(=O)O)ccc2c1C1=C(c2c(C)sc3cc(C(=O)O)ccc23)CCC1. The van der Waals surface area contributed by atoms with E-state index in [2.05, 4.69) is 13.8 Å². The molecule has 5 rings (SSSR count). The summed E-state index contributed by atoms with van der Waals surface area (Å²) in [5, 5.41) is 20.9. The molecule has 0 atom stereocenters. The lowest BCUT2D eigenvalue weighted by molar-refractivity contribution is 0.0686. The maximum atomic E-state index is 11.4. The molecule has 0 saturated heterocycles. The van der Waals surface area contributed by atoms with Crippen molar-refractivity contribution in [1.29, 1.82) is 0 Å². The second-order valence-electron chi connectivity index (χ2n) is 7.91. The summed E-state index contributed by atoms with van der Waals surface area (Å²) in [6.45, 7) is 4.22. The number of hydrogen-bond donors (Lipinski definition) is 2. The number of carbonyl (C=O) groups is 2. The van der Waals surface area contributed by atoms with Crippen LogP contribution in [0.2, 0.25) is 0 Å². The van der Waals surface area contributed by atoms with Gasteiger partial charge in [-0.25, -0.2) is 9.59 Å². The van der Waals surface area contributed by atoms with E-state index in [1.54, 1.807) is 46.9 Å². The number of benzene rings is 2. The quantitative estimate of drug-likeness (QED) is 0.345. The van der Waals surface area contributed by atoms with Crippen LogP contribution in [0.5, 0.6) is 0 Å². The largest absolute Gasteiger partial charge is 0.478 e. The molecule has 0 fully saturated rings. The molecule has 0 amide bonds. The van der Waals surface area contributed by atoms with Crippen molar-refractivity contribution >= 4 is 65.9 Å². The third-order valence-electron chi connectivity index (χ3n) is 6.05. The number of hydrogen-bond acceptors (Lipinski definition) is 4. The predicted molar refractivity (Wildman–Crippen MR) is 128 cm³/mol. The fraction of sp³-hybridized carbons (Fsp3) is 0.200. The lowest BCUT2D eigenvalue weighted by Crippen LogP contribution is -1.95. The van der Waals surface area contributed by atoms with Gasteiger partial charge in [0.15, 0.2) is 0 Å². The highest BCUT2D eigenvalue weighted by atomic mass is 32.1. The first-order valence-electron chi connectivity index (χ1n) is 10.1. The molecule has 0 unspecified atom stereocenters. The second kappa shape index (κ2) is 7.32. The van der Waals surface area contributed by atoms with Gasteiger partial charge in [0.1, 0.15) is 0 Å². The third-order valence-corrected chi connectivity index (χ3v) is 8.18. The predicted octanol–water partition coefficient (Wildman–Crippen LogP) is 7.22. The summed E-state index contributed by atoms with van der Waals surface area (Å²) in [5.41, 5.74) is 5.80. The van der Waals surface area contributed by atoms with Crippen LogP contribution in [-0.4, -0.2) is 22.2 Å². The molecule has 2 N–H and O–H groups in total. The topological polar surface area (TPSA) is 74.6 Å². The van der Waals surface area contributed by atoms with E-state index >= 15 is 0 Å². The van der Waals surface area contributed by atoms with E-state index in [9.17, 15) is 19.8 Å². The van der Waals surface area contributed by atoms with E-state index in [1.165, 1.54) is 32.0 Å². The first-order valence-corrected chi connectivity index (χ1v) is 11.7. The highest BCUT2D eigenvalue weighted by Gasteiger charge is 2.26. The Kier molecular flexibility index (Phi) is 4.72. The normalized spacial score (nSPS) is 14.1. The Morgan fingerprint density at radius 2 is 1.16 bits per heavy atom. The molecule has 0 spiro atoms. The van der Waals surface area contributed by atoms with Crippen LogP contribution >= 0.6 is 22.7 Å². The average Bonchev–Trinajstić information content (AvgIpc) is 3.39. The lowest BCUT2D eigenvalue weighted by Gasteiger charge is -2.10. The Bertz CT molecular complexity index is 1330. The third kappa shape index (κ3) is 3.18. The van der Waals surface area contributed by atoms with Crippen molar-refractivity contribution in [3.05, 3.63) is 68.4 Å². The number of carboxylic acid groups (broad SMARTS) is 2. The van der Waals surface area contributed by atoms with Crippen molar-refractivity contribution in [2.45, 2.75) is 33.1 Å². The second-order valence-corrected chi connectivity index (χ2v) is 10.4. The van der Waals surface area contributed by atoms with Gasteiger partial charge in [-0.15, -0.1) is 22.7 Å². The van der Waals surface area contributed by atoms with Crippen molar-refractivity contribution in [3.63, 3.8) is 0 Å². The van der Waals surface area contributed by atoms with Gasteiger partial charge in [-0.2, -0.15) is 0 Å². The monoisotopic (exact) mass is 448 g/mol. The number of fused-ring (bicyclic) bond motifs is 2.